The Labute approximate surface area is 304 Å². The second-order valence-electron chi connectivity index (χ2n) is 13.5. The molecule has 0 unspecified atom stereocenters. The average molecular weight is 676 g/mol. The SMILES string of the molecule is N#Cc1ccccc1-n1c2ccccc2c2cccc(-c3cccc4c3oc3c(-c5cccc6c7ccccc7n(-c7ccccc7)c56)cccc34)c21. The Hall–Kier alpha value is -7.35. The number of hydrogen-bond donors (Lipinski definition) is 0. The summed E-state index contributed by atoms with van der Waals surface area (Å²) in [5.74, 6) is 0. The van der Waals surface area contributed by atoms with Crippen molar-refractivity contribution in [2.45, 2.75) is 0 Å². The van der Waals surface area contributed by atoms with Gasteiger partial charge in [-0.1, -0.05) is 140 Å². The van der Waals surface area contributed by atoms with E-state index in [2.05, 4.69) is 167 Å². The van der Waals surface area contributed by atoms with Crippen LogP contribution in [-0.2, 0) is 0 Å². The van der Waals surface area contributed by atoms with Gasteiger partial charge in [-0.2, -0.15) is 5.26 Å². The van der Waals surface area contributed by atoms with Crippen molar-refractivity contribution in [2.24, 2.45) is 0 Å². The van der Waals surface area contributed by atoms with Crippen LogP contribution < -0.4 is 0 Å². The zero-order chi connectivity index (χ0) is 35.0. The summed E-state index contributed by atoms with van der Waals surface area (Å²) in [5, 5.41) is 17.0. The molecular weight excluding hydrogens is 647 g/mol. The van der Waals surface area contributed by atoms with E-state index in [-0.39, 0.29) is 0 Å². The highest BCUT2D eigenvalue weighted by Crippen LogP contribution is 2.46. The number of nitrogens with zero attached hydrogens (tertiary/aromatic N) is 3. The molecule has 11 aromatic rings. The van der Waals surface area contributed by atoms with Gasteiger partial charge in [0.15, 0.2) is 0 Å². The van der Waals surface area contributed by atoms with E-state index < -0.39 is 0 Å². The van der Waals surface area contributed by atoms with Gasteiger partial charge in [0.25, 0.3) is 0 Å². The van der Waals surface area contributed by atoms with Crippen LogP contribution in [-0.4, -0.2) is 9.13 Å². The van der Waals surface area contributed by atoms with E-state index in [4.69, 9.17) is 4.42 Å². The minimum absolute atomic E-state index is 0.624. The molecule has 0 aliphatic rings. The van der Waals surface area contributed by atoms with Crippen molar-refractivity contribution in [1.82, 2.24) is 9.13 Å². The molecule has 4 nitrogen and oxygen atoms in total. The Morgan fingerprint density at radius 2 is 0.830 bits per heavy atom. The molecule has 0 fully saturated rings. The molecular formula is C49H29N3O. The van der Waals surface area contributed by atoms with Crippen LogP contribution >= 0.6 is 0 Å². The van der Waals surface area contributed by atoms with Gasteiger partial charge < -0.3 is 13.6 Å². The number of nitriles is 1. The van der Waals surface area contributed by atoms with E-state index in [0.717, 1.165) is 82.9 Å². The molecule has 0 bridgehead atoms. The highest BCUT2D eigenvalue weighted by Gasteiger charge is 2.23. The van der Waals surface area contributed by atoms with E-state index in [1.165, 1.54) is 16.3 Å². The third kappa shape index (κ3) is 4.16. The highest BCUT2D eigenvalue weighted by molar-refractivity contribution is 6.20. The van der Waals surface area contributed by atoms with Crippen LogP contribution in [0.25, 0.3) is 99.2 Å². The molecule has 4 heteroatoms. The molecule has 11 rings (SSSR count). The Morgan fingerprint density at radius 3 is 1.43 bits per heavy atom. The Balaban J connectivity index is 1.22. The molecule has 8 aromatic carbocycles. The number of hydrogen-bond acceptors (Lipinski definition) is 2. The van der Waals surface area contributed by atoms with E-state index in [1.54, 1.807) is 0 Å². The molecule has 3 heterocycles. The van der Waals surface area contributed by atoms with Crippen molar-refractivity contribution in [2.75, 3.05) is 0 Å². The number of para-hydroxylation sites is 8. The summed E-state index contributed by atoms with van der Waals surface area (Å²) < 4.78 is 11.8. The molecule has 246 valence electrons. The number of rotatable bonds is 4. The second kappa shape index (κ2) is 11.3. The number of aromatic nitrogens is 2. The number of furan rings is 1. The molecule has 0 N–H and O–H groups in total. The maximum atomic E-state index is 10.2. The first-order chi connectivity index (χ1) is 26.3. The largest absolute Gasteiger partial charge is 0.455 e. The van der Waals surface area contributed by atoms with Gasteiger partial charge in [0.2, 0.25) is 0 Å². The van der Waals surface area contributed by atoms with Crippen molar-refractivity contribution in [1.29, 1.82) is 5.26 Å². The summed E-state index contributed by atoms with van der Waals surface area (Å²) >= 11 is 0. The first kappa shape index (κ1) is 29.4. The Kier molecular flexibility index (Phi) is 6.28. The van der Waals surface area contributed by atoms with Gasteiger partial charge in [0.05, 0.1) is 33.3 Å². The van der Waals surface area contributed by atoms with Crippen LogP contribution in [0.5, 0.6) is 0 Å². The number of benzene rings is 8. The van der Waals surface area contributed by atoms with Crippen LogP contribution in [0.1, 0.15) is 5.56 Å². The van der Waals surface area contributed by atoms with E-state index in [1.807, 2.05) is 24.3 Å². The van der Waals surface area contributed by atoms with Crippen LogP contribution in [0.4, 0.5) is 0 Å². The fraction of sp³-hybridized carbons (Fsp3) is 0. The zero-order valence-electron chi connectivity index (χ0n) is 28.5. The molecule has 0 spiro atoms. The summed E-state index contributed by atoms with van der Waals surface area (Å²) in [4.78, 5) is 0. The maximum Gasteiger partial charge on any atom is 0.143 e. The topological polar surface area (TPSA) is 46.8 Å². The molecule has 0 radical (unpaired) electrons. The quantitative estimate of drug-likeness (QED) is 0.186. The lowest BCUT2D eigenvalue weighted by atomic mass is 9.98. The monoisotopic (exact) mass is 675 g/mol. The summed E-state index contributed by atoms with van der Waals surface area (Å²) in [6.07, 6.45) is 0. The zero-order valence-corrected chi connectivity index (χ0v) is 28.5. The van der Waals surface area contributed by atoms with E-state index in [0.29, 0.717) is 5.56 Å². The normalized spacial score (nSPS) is 11.8. The first-order valence-corrected chi connectivity index (χ1v) is 17.8. The lowest BCUT2D eigenvalue weighted by Crippen LogP contribution is -1.98. The van der Waals surface area contributed by atoms with Crippen molar-refractivity contribution < 1.29 is 4.42 Å². The third-order valence-electron chi connectivity index (χ3n) is 10.8. The van der Waals surface area contributed by atoms with Gasteiger partial charge in [-0.3, -0.25) is 0 Å². The fourth-order valence-electron chi connectivity index (χ4n) is 8.57. The predicted octanol–water partition coefficient (Wildman–Crippen LogP) is 13.0. The molecule has 0 saturated carbocycles. The lowest BCUT2D eigenvalue weighted by molar-refractivity contribution is 0.671. The van der Waals surface area contributed by atoms with Gasteiger partial charge in [-0.25, -0.2) is 0 Å². The van der Waals surface area contributed by atoms with Gasteiger partial charge in [-0.15, -0.1) is 0 Å². The highest BCUT2D eigenvalue weighted by atomic mass is 16.3. The molecule has 3 aromatic heterocycles. The van der Waals surface area contributed by atoms with Crippen LogP contribution in [0.3, 0.4) is 0 Å². The van der Waals surface area contributed by atoms with Crippen molar-refractivity contribution in [3.8, 4) is 39.7 Å². The van der Waals surface area contributed by atoms with Crippen LogP contribution in [0.2, 0.25) is 0 Å². The summed E-state index contributed by atoms with van der Waals surface area (Å²) in [5.41, 5.74) is 12.9. The summed E-state index contributed by atoms with van der Waals surface area (Å²) in [6.45, 7) is 0. The molecule has 0 atom stereocenters. The smallest absolute Gasteiger partial charge is 0.143 e. The van der Waals surface area contributed by atoms with Crippen molar-refractivity contribution in [3.63, 3.8) is 0 Å². The van der Waals surface area contributed by atoms with Crippen LogP contribution in [0.15, 0.2) is 180 Å². The molecule has 0 saturated heterocycles. The van der Waals surface area contributed by atoms with E-state index >= 15 is 0 Å². The van der Waals surface area contributed by atoms with Crippen molar-refractivity contribution >= 4 is 65.6 Å². The maximum absolute atomic E-state index is 10.2. The molecule has 0 amide bonds. The summed E-state index contributed by atoms with van der Waals surface area (Å²) in [7, 11) is 0. The Bertz CT molecular complexity index is 3300. The first-order valence-electron chi connectivity index (χ1n) is 17.8. The lowest BCUT2D eigenvalue weighted by Gasteiger charge is -2.13. The minimum atomic E-state index is 0.624. The van der Waals surface area contributed by atoms with Gasteiger partial charge in [0.1, 0.15) is 17.2 Å². The molecule has 0 aliphatic carbocycles. The standard InChI is InChI=1S/C49H29N3O/c50-30-31-14-4-7-27-43(31)52-45-29-9-6-18-34(45)36-20-11-22-38(47(36)52)40-24-13-26-42-41-25-12-23-39(48(41)53-49(40)42)37-21-10-19-35-33-17-5-8-28-44(33)51(46(35)37)32-15-2-1-3-16-32/h1-29H. The predicted molar refractivity (Wildman–Crippen MR) is 218 cm³/mol. The molecule has 53 heavy (non-hydrogen) atoms. The summed E-state index contributed by atoms with van der Waals surface area (Å²) in [6, 6.07) is 64.0. The second-order valence-corrected chi connectivity index (χ2v) is 13.5. The fourth-order valence-corrected chi connectivity index (χ4v) is 8.57. The van der Waals surface area contributed by atoms with Crippen LogP contribution in [0, 0.1) is 11.3 Å². The number of fused-ring (bicyclic) bond motifs is 9. The van der Waals surface area contributed by atoms with Crippen molar-refractivity contribution in [3.05, 3.63) is 181 Å². The molecule has 0 aliphatic heterocycles. The third-order valence-corrected chi connectivity index (χ3v) is 10.8. The minimum Gasteiger partial charge on any atom is -0.455 e. The Morgan fingerprint density at radius 1 is 0.377 bits per heavy atom. The van der Waals surface area contributed by atoms with E-state index in [9.17, 15) is 5.26 Å². The van der Waals surface area contributed by atoms with Gasteiger partial charge >= 0.3 is 0 Å². The van der Waals surface area contributed by atoms with Gasteiger partial charge in [0, 0.05) is 60.3 Å². The van der Waals surface area contributed by atoms with Gasteiger partial charge in [-0.05, 0) is 36.4 Å². The average Bonchev–Trinajstić information content (AvgIpc) is 3.89.